The fraction of sp³-hybridized carbons (Fsp3) is 1.00. The van der Waals surface area contributed by atoms with Gasteiger partial charge in [0.25, 0.3) is 0 Å². The van der Waals surface area contributed by atoms with Gasteiger partial charge in [-0.2, -0.15) is 0 Å². The first-order valence-electron chi connectivity index (χ1n) is 1.47. The molecule has 0 radical (unpaired) electrons. The maximum atomic E-state index is 4.81. The van der Waals surface area contributed by atoms with E-state index in [9.17, 15) is 0 Å². The van der Waals surface area contributed by atoms with Crippen LogP contribution < -0.4 is 0 Å². The van der Waals surface area contributed by atoms with Gasteiger partial charge in [-0.15, -0.1) is 0 Å². The normalized spacial score (nSPS) is 7.71. The van der Waals surface area contributed by atoms with Gasteiger partial charge in [0.1, 0.15) is 0 Å². The van der Waals surface area contributed by atoms with E-state index in [1.807, 2.05) is 0 Å². The Morgan fingerprint density at radius 3 is 1.14 bits per heavy atom. The second kappa shape index (κ2) is 9.95. The minimum absolute atomic E-state index is 0.750. The molecule has 1 nitrogen and oxygen atoms in total. The van der Waals surface area contributed by atoms with Gasteiger partial charge in [0.05, 0.1) is 0 Å². The third-order valence-corrected chi connectivity index (χ3v) is 0. The number of ether oxygens (including phenoxy) is 1. The topological polar surface area (TPSA) is 9.23 Å². The Morgan fingerprint density at radius 1 is 1.14 bits per heavy atom. The first-order chi connectivity index (χ1) is 3.15. The van der Waals surface area contributed by atoms with E-state index in [4.69, 9.17) is 34.8 Å². The van der Waals surface area contributed by atoms with E-state index < -0.39 is 4.30 Å². The van der Waals surface area contributed by atoms with Crippen molar-refractivity contribution in [2.24, 2.45) is 0 Å². The van der Waals surface area contributed by atoms with Gasteiger partial charge in [0.15, 0.2) is 4.30 Å². The molecule has 7 heavy (non-hydrogen) atoms. The Morgan fingerprint density at radius 2 is 1.14 bits per heavy atom. The number of hydrogen-bond donors (Lipinski definition) is 0. The summed E-state index contributed by atoms with van der Waals surface area (Å²) < 4.78 is 3.50. The average molecular weight is 165 g/mol. The fourth-order valence-corrected chi connectivity index (χ4v) is 0. The number of halogens is 3. The van der Waals surface area contributed by atoms with Crippen LogP contribution in [0, 0.1) is 0 Å². The van der Waals surface area contributed by atoms with Gasteiger partial charge in [-0.1, -0.05) is 34.8 Å². The van der Waals surface area contributed by atoms with Crippen LogP contribution in [0.1, 0.15) is 0 Å². The highest BCUT2D eigenvalue weighted by molar-refractivity contribution is 6.63. The number of methoxy groups -OCH3 is 1. The first-order valence-corrected chi connectivity index (χ1v) is 2.78. The van der Waals surface area contributed by atoms with Crippen LogP contribution in [0.5, 0.6) is 0 Å². The van der Waals surface area contributed by atoms with Crippen LogP contribution in [0.25, 0.3) is 0 Å². The quantitative estimate of drug-likeness (QED) is 0.500. The smallest absolute Gasteiger partial charge is 0.180 e. The molecule has 0 aliphatic heterocycles. The Kier molecular flexibility index (Phi) is 15.3. The lowest BCUT2D eigenvalue weighted by Gasteiger charge is -1.69. The predicted octanol–water partition coefficient (Wildman–Crippen LogP) is 2.25. The lowest BCUT2D eigenvalue weighted by Crippen LogP contribution is -1.55. The molecule has 0 aromatic rings. The molecular formula is C3H7Cl3O. The predicted molar refractivity (Wildman–Crippen MR) is 34.3 cm³/mol. The average Bonchev–Trinajstić information content (AvgIpc) is 1.33. The van der Waals surface area contributed by atoms with Crippen LogP contribution >= 0.6 is 34.8 Å². The molecule has 0 fully saturated rings. The van der Waals surface area contributed by atoms with Crippen LogP contribution in [0.2, 0.25) is 0 Å². The molecule has 0 heterocycles. The highest BCUT2D eigenvalue weighted by atomic mass is 35.6. The van der Waals surface area contributed by atoms with Crippen molar-refractivity contribution in [1.82, 2.24) is 0 Å². The minimum atomic E-state index is -0.750. The molecule has 0 aliphatic rings. The standard InChI is InChI=1S/C2H6O.CHCl3/c1-3-2;2-1(3)4/h1-2H3;1H. The van der Waals surface area contributed by atoms with Gasteiger partial charge >= 0.3 is 0 Å². The fourth-order valence-electron chi connectivity index (χ4n) is 0. The van der Waals surface area contributed by atoms with E-state index >= 15 is 0 Å². The van der Waals surface area contributed by atoms with E-state index in [0.717, 1.165) is 0 Å². The molecule has 0 amide bonds. The molecule has 0 rings (SSSR count). The summed E-state index contributed by atoms with van der Waals surface area (Å²) >= 11 is 14.4. The Balaban J connectivity index is 0. The highest BCUT2D eigenvalue weighted by Crippen LogP contribution is 2.03. The van der Waals surface area contributed by atoms with E-state index in [-0.39, 0.29) is 0 Å². The van der Waals surface area contributed by atoms with Crippen LogP contribution in [0.4, 0.5) is 0 Å². The van der Waals surface area contributed by atoms with E-state index in [0.29, 0.717) is 0 Å². The number of alkyl halides is 3. The van der Waals surface area contributed by atoms with Crippen LogP contribution in [0.15, 0.2) is 0 Å². The Bertz CT molecular complexity index is 21.4. The SMILES string of the molecule is COC.ClC(Cl)Cl. The molecule has 0 atom stereocenters. The molecule has 4 heteroatoms. The van der Waals surface area contributed by atoms with Crippen molar-refractivity contribution >= 4 is 34.8 Å². The zero-order valence-corrected chi connectivity index (χ0v) is 6.39. The second-order valence-corrected chi connectivity index (χ2v) is 2.64. The molecule has 0 aliphatic carbocycles. The Hall–Kier alpha value is 0.830. The van der Waals surface area contributed by atoms with Crippen LogP contribution in [-0.2, 0) is 4.74 Å². The van der Waals surface area contributed by atoms with Crippen molar-refractivity contribution in [3.05, 3.63) is 0 Å². The molecule has 0 aromatic heterocycles. The van der Waals surface area contributed by atoms with E-state index in [2.05, 4.69) is 4.74 Å². The lowest BCUT2D eigenvalue weighted by atomic mass is 11.6. The molecule has 46 valence electrons. The molecule has 0 N–H and O–H groups in total. The molecule has 0 saturated heterocycles. The summed E-state index contributed by atoms with van der Waals surface area (Å²) in [6.45, 7) is 0. The maximum Gasteiger partial charge on any atom is 0.180 e. The first kappa shape index (κ1) is 10.7. The highest BCUT2D eigenvalue weighted by Gasteiger charge is 1.78. The summed E-state index contributed by atoms with van der Waals surface area (Å²) in [6.07, 6.45) is 0. The number of rotatable bonds is 0. The molecule has 0 saturated carbocycles. The van der Waals surface area contributed by atoms with Gasteiger partial charge in [-0.05, 0) is 0 Å². The van der Waals surface area contributed by atoms with Crippen molar-refractivity contribution in [2.75, 3.05) is 14.2 Å². The molecule has 0 unspecified atom stereocenters. The van der Waals surface area contributed by atoms with Crippen molar-refractivity contribution in [2.45, 2.75) is 4.30 Å². The largest absolute Gasteiger partial charge is 0.388 e. The monoisotopic (exact) mass is 164 g/mol. The molecule has 0 bridgehead atoms. The maximum absolute atomic E-state index is 4.81. The van der Waals surface area contributed by atoms with Gasteiger partial charge in [-0.25, -0.2) is 0 Å². The third kappa shape index (κ3) is 231. The van der Waals surface area contributed by atoms with Crippen molar-refractivity contribution < 1.29 is 4.74 Å². The second-order valence-electron chi connectivity index (χ2n) is 0.656. The van der Waals surface area contributed by atoms with Crippen LogP contribution in [0.3, 0.4) is 0 Å². The van der Waals surface area contributed by atoms with Gasteiger partial charge in [-0.3, -0.25) is 0 Å². The molecule has 0 aromatic carbocycles. The van der Waals surface area contributed by atoms with Crippen molar-refractivity contribution in [3.8, 4) is 0 Å². The van der Waals surface area contributed by atoms with E-state index in [1.165, 1.54) is 0 Å². The van der Waals surface area contributed by atoms with Crippen LogP contribution in [-0.4, -0.2) is 18.5 Å². The van der Waals surface area contributed by atoms with Crippen molar-refractivity contribution in [3.63, 3.8) is 0 Å². The summed E-state index contributed by atoms with van der Waals surface area (Å²) in [5.74, 6) is 0. The van der Waals surface area contributed by atoms with Gasteiger partial charge in [0, 0.05) is 14.2 Å². The Labute approximate surface area is 58.5 Å². The zero-order valence-electron chi connectivity index (χ0n) is 4.12. The summed E-state index contributed by atoms with van der Waals surface area (Å²) in [7, 11) is 3.25. The third-order valence-electron chi connectivity index (χ3n) is 0. The summed E-state index contributed by atoms with van der Waals surface area (Å²) in [5.41, 5.74) is 0. The minimum Gasteiger partial charge on any atom is -0.388 e. The van der Waals surface area contributed by atoms with Gasteiger partial charge in [0.2, 0.25) is 0 Å². The molecular weight excluding hydrogens is 158 g/mol. The lowest BCUT2D eigenvalue weighted by molar-refractivity contribution is 0.277. The molecule has 0 spiro atoms. The van der Waals surface area contributed by atoms with E-state index in [1.54, 1.807) is 14.2 Å². The van der Waals surface area contributed by atoms with Crippen molar-refractivity contribution in [1.29, 1.82) is 0 Å². The summed E-state index contributed by atoms with van der Waals surface area (Å²) in [4.78, 5) is 0. The van der Waals surface area contributed by atoms with Gasteiger partial charge < -0.3 is 4.74 Å². The number of hydrogen-bond acceptors (Lipinski definition) is 1. The summed E-state index contributed by atoms with van der Waals surface area (Å²) in [5, 5.41) is 0. The zero-order chi connectivity index (χ0) is 6.28. The summed E-state index contributed by atoms with van der Waals surface area (Å²) in [6, 6.07) is 0.